The number of aromatic hydroxyl groups is 2. The number of ketones is 1. The van der Waals surface area contributed by atoms with Gasteiger partial charge >= 0.3 is 0 Å². The quantitative estimate of drug-likeness (QED) is 0.653. The van der Waals surface area contributed by atoms with E-state index in [9.17, 15) is 15.0 Å². The molecule has 0 atom stereocenters. The van der Waals surface area contributed by atoms with Crippen LogP contribution in [0.2, 0.25) is 5.02 Å². The monoisotopic (exact) mass is 260 g/mol. The van der Waals surface area contributed by atoms with Gasteiger partial charge in [0.05, 0.1) is 11.1 Å². The van der Waals surface area contributed by atoms with Gasteiger partial charge in [-0.2, -0.15) is 0 Å². The molecule has 0 fully saturated rings. The van der Waals surface area contributed by atoms with Crippen LogP contribution in [0, 0.1) is 0 Å². The first-order chi connectivity index (χ1) is 8.59. The molecule has 4 heteroatoms. The largest absolute Gasteiger partial charge is 0.507 e. The van der Waals surface area contributed by atoms with Gasteiger partial charge in [-0.1, -0.05) is 23.7 Å². The maximum atomic E-state index is 12.3. The fourth-order valence-corrected chi connectivity index (χ4v) is 2.57. The van der Waals surface area contributed by atoms with Gasteiger partial charge in [-0.05, 0) is 29.3 Å². The zero-order chi connectivity index (χ0) is 12.9. The molecule has 0 aliphatic heterocycles. The van der Waals surface area contributed by atoms with Crippen molar-refractivity contribution in [1.82, 2.24) is 0 Å². The highest BCUT2D eigenvalue weighted by Crippen LogP contribution is 2.39. The minimum absolute atomic E-state index is 0.0671. The van der Waals surface area contributed by atoms with Gasteiger partial charge in [0.1, 0.15) is 11.5 Å². The van der Waals surface area contributed by atoms with Crippen molar-refractivity contribution in [2.24, 2.45) is 0 Å². The van der Waals surface area contributed by atoms with Crippen molar-refractivity contribution in [3.63, 3.8) is 0 Å². The van der Waals surface area contributed by atoms with Crippen molar-refractivity contribution in [2.75, 3.05) is 0 Å². The van der Waals surface area contributed by atoms with Crippen molar-refractivity contribution in [3.8, 4) is 11.5 Å². The number of rotatable bonds is 0. The predicted molar refractivity (Wildman–Crippen MR) is 67.5 cm³/mol. The van der Waals surface area contributed by atoms with Crippen LogP contribution in [0.3, 0.4) is 0 Å². The summed E-state index contributed by atoms with van der Waals surface area (Å²) in [5.74, 6) is -0.555. The molecule has 2 aromatic rings. The third kappa shape index (κ3) is 1.41. The zero-order valence-corrected chi connectivity index (χ0v) is 10.0. The summed E-state index contributed by atoms with van der Waals surface area (Å²) >= 11 is 6.06. The summed E-state index contributed by atoms with van der Waals surface area (Å²) < 4.78 is 0. The normalized spacial score (nSPS) is 13.1. The predicted octanol–water partition coefficient (Wildman–Crippen LogP) is 2.89. The van der Waals surface area contributed by atoms with Crippen molar-refractivity contribution in [2.45, 2.75) is 6.42 Å². The molecule has 3 rings (SSSR count). The summed E-state index contributed by atoms with van der Waals surface area (Å²) in [5.41, 5.74) is 1.78. The zero-order valence-electron chi connectivity index (χ0n) is 9.27. The number of halogens is 1. The van der Waals surface area contributed by atoms with Gasteiger partial charge < -0.3 is 10.2 Å². The number of hydrogen-bond acceptors (Lipinski definition) is 3. The topological polar surface area (TPSA) is 57.5 Å². The number of hydrogen-bond donors (Lipinski definition) is 2. The fourth-order valence-electron chi connectivity index (χ4n) is 2.35. The standard InChI is InChI=1S/C14H9ClO3/c15-9-4-5-11(17)13-8(9)6-7-2-1-3-10(16)12(7)14(13)18/h1-5,16-17H,6H2. The SMILES string of the molecule is O=C1c2c(O)cccc2Cc2c(Cl)ccc(O)c21. The van der Waals surface area contributed by atoms with E-state index in [2.05, 4.69) is 0 Å². The van der Waals surface area contributed by atoms with Gasteiger partial charge in [0.2, 0.25) is 5.78 Å². The Morgan fingerprint density at radius 2 is 1.72 bits per heavy atom. The molecule has 0 bridgehead atoms. The second-order valence-corrected chi connectivity index (χ2v) is 4.64. The van der Waals surface area contributed by atoms with E-state index in [0.717, 1.165) is 5.56 Å². The third-order valence-corrected chi connectivity index (χ3v) is 3.54. The van der Waals surface area contributed by atoms with Crippen LogP contribution in [-0.2, 0) is 6.42 Å². The van der Waals surface area contributed by atoms with Gasteiger partial charge in [-0.3, -0.25) is 4.79 Å². The highest BCUT2D eigenvalue weighted by Gasteiger charge is 2.29. The highest BCUT2D eigenvalue weighted by atomic mass is 35.5. The first kappa shape index (κ1) is 11.1. The van der Waals surface area contributed by atoms with Gasteiger partial charge in [0, 0.05) is 11.4 Å². The number of carbonyl (C=O) groups excluding carboxylic acids is 1. The minimum atomic E-state index is -0.385. The minimum Gasteiger partial charge on any atom is -0.507 e. The van der Waals surface area contributed by atoms with Crippen molar-refractivity contribution in [3.05, 3.63) is 57.6 Å². The van der Waals surface area contributed by atoms with E-state index in [1.54, 1.807) is 18.2 Å². The maximum absolute atomic E-state index is 12.3. The number of phenols is 2. The Kier molecular flexibility index (Phi) is 2.31. The second kappa shape index (κ2) is 3.75. The van der Waals surface area contributed by atoms with Crippen LogP contribution in [0.25, 0.3) is 0 Å². The average molecular weight is 261 g/mol. The van der Waals surface area contributed by atoms with E-state index in [0.29, 0.717) is 17.0 Å². The molecule has 0 saturated heterocycles. The smallest absolute Gasteiger partial charge is 0.201 e. The van der Waals surface area contributed by atoms with Crippen LogP contribution in [0.5, 0.6) is 11.5 Å². The van der Waals surface area contributed by atoms with Crippen molar-refractivity contribution in [1.29, 1.82) is 0 Å². The number of fused-ring (bicyclic) bond motifs is 2. The van der Waals surface area contributed by atoms with Gasteiger partial charge in [0.25, 0.3) is 0 Å². The van der Waals surface area contributed by atoms with Crippen molar-refractivity contribution >= 4 is 17.4 Å². The number of benzene rings is 2. The first-order valence-corrected chi connectivity index (χ1v) is 5.83. The summed E-state index contributed by atoms with van der Waals surface area (Å²) in [6.07, 6.45) is 0.429. The molecular formula is C14H9ClO3. The lowest BCUT2D eigenvalue weighted by Gasteiger charge is -2.20. The molecule has 1 aliphatic carbocycles. The van der Waals surface area contributed by atoms with E-state index in [1.165, 1.54) is 12.1 Å². The first-order valence-electron chi connectivity index (χ1n) is 5.45. The summed E-state index contributed by atoms with van der Waals surface area (Å²) in [4.78, 5) is 12.3. The Labute approximate surface area is 108 Å². The van der Waals surface area contributed by atoms with Gasteiger partial charge in [0.15, 0.2) is 0 Å². The van der Waals surface area contributed by atoms with E-state index < -0.39 is 0 Å². The van der Waals surface area contributed by atoms with E-state index in [-0.39, 0.29) is 28.4 Å². The van der Waals surface area contributed by atoms with Crippen LogP contribution in [0.15, 0.2) is 30.3 Å². The molecular weight excluding hydrogens is 252 g/mol. The summed E-state index contributed by atoms with van der Waals surface area (Å²) in [7, 11) is 0. The highest BCUT2D eigenvalue weighted by molar-refractivity contribution is 6.32. The third-order valence-electron chi connectivity index (χ3n) is 3.18. The Bertz CT molecular complexity index is 677. The van der Waals surface area contributed by atoms with E-state index >= 15 is 0 Å². The maximum Gasteiger partial charge on any atom is 0.201 e. The fraction of sp³-hybridized carbons (Fsp3) is 0.0714. The Morgan fingerprint density at radius 3 is 2.50 bits per heavy atom. The van der Waals surface area contributed by atoms with Crippen LogP contribution in [-0.4, -0.2) is 16.0 Å². The van der Waals surface area contributed by atoms with E-state index in [4.69, 9.17) is 11.6 Å². The Hall–Kier alpha value is -2.00. The summed E-state index contributed by atoms with van der Waals surface area (Å²) in [6, 6.07) is 7.88. The molecule has 1 aliphatic rings. The molecule has 3 nitrogen and oxygen atoms in total. The average Bonchev–Trinajstić information content (AvgIpc) is 2.34. The van der Waals surface area contributed by atoms with Crippen LogP contribution in [0.1, 0.15) is 27.0 Å². The van der Waals surface area contributed by atoms with Gasteiger partial charge in [-0.15, -0.1) is 0 Å². The molecule has 0 radical (unpaired) electrons. The second-order valence-electron chi connectivity index (χ2n) is 4.24. The van der Waals surface area contributed by atoms with E-state index in [1.807, 2.05) is 0 Å². The molecule has 0 aromatic heterocycles. The summed E-state index contributed by atoms with van der Waals surface area (Å²) in [5, 5.41) is 20.0. The Morgan fingerprint density at radius 1 is 1.00 bits per heavy atom. The van der Waals surface area contributed by atoms with Crippen LogP contribution < -0.4 is 0 Å². The molecule has 0 heterocycles. The molecule has 2 aromatic carbocycles. The number of phenolic OH excluding ortho intramolecular Hbond substituents is 2. The Balaban J connectivity index is 2.32. The molecule has 0 unspecified atom stereocenters. The van der Waals surface area contributed by atoms with Gasteiger partial charge in [-0.25, -0.2) is 0 Å². The lowest BCUT2D eigenvalue weighted by molar-refractivity contribution is 0.103. The molecule has 2 N–H and O–H groups in total. The summed E-state index contributed by atoms with van der Waals surface area (Å²) in [6.45, 7) is 0. The van der Waals surface area contributed by atoms with Crippen molar-refractivity contribution < 1.29 is 15.0 Å². The molecule has 18 heavy (non-hydrogen) atoms. The molecule has 0 spiro atoms. The van der Waals surface area contributed by atoms with Crippen LogP contribution >= 0.6 is 11.6 Å². The van der Waals surface area contributed by atoms with Crippen LogP contribution in [0.4, 0.5) is 0 Å². The number of carbonyl (C=O) groups is 1. The molecule has 90 valence electrons. The molecule has 0 amide bonds. The molecule has 0 saturated carbocycles. The lowest BCUT2D eigenvalue weighted by atomic mass is 9.84. The lowest BCUT2D eigenvalue weighted by Crippen LogP contribution is -2.15.